The molecular weight excluding hydrogens is 484 g/mol. The van der Waals surface area contributed by atoms with Gasteiger partial charge in [-0.2, -0.15) is 0 Å². The Morgan fingerprint density at radius 2 is 1.69 bits per heavy atom. The number of H-pyrrole nitrogens is 1. The van der Waals surface area contributed by atoms with Crippen molar-refractivity contribution in [2.75, 3.05) is 19.6 Å². The number of amides is 2. The van der Waals surface area contributed by atoms with Crippen LogP contribution >= 0.6 is 0 Å². The number of nitrogens with zero attached hydrogens (tertiary/aromatic N) is 3. The van der Waals surface area contributed by atoms with Crippen LogP contribution in [0, 0.1) is 11.8 Å². The molecule has 2 unspecified atom stereocenters. The van der Waals surface area contributed by atoms with Crippen molar-refractivity contribution in [2.24, 2.45) is 16.8 Å². The molecule has 1 saturated carbocycles. The SMILES string of the molecule is CC1(c2ccccc2)N=C(c2ccc(-c3ccc4[nH]ccc4c3)cc2)N(CC2CCN(C(=O)C3CC3)C2)C1=O. The summed E-state index contributed by atoms with van der Waals surface area (Å²) in [5.74, 6) is 1.48. The minimum atomic E-state index is -0.975. The number of fused-ring (bicyclic) bond motifs is 1. The Balaban J connectivity index is 1.19. The van der Waals surface area contributed by atoms with E-state index < -0.39 is 5.54 Å². The fourth-order valence-electron chi connectivity index (χ4n) is 6.09. The number of amidine groups is 1. The summed E-state index contributed by atoms with van der Waals surface area (Å²) in [5.41, 5.74) is 4.23. The molecular formula is C33H32N4O2. The molecule has 0 spiro atoms. The number of aliphatic imine (C=N–C) groups is 1. The second-order valence-corrected chi connectivity index (χ2v) is 11.4. The first-order valence-corrected chi connectivity index (χ1v) is 13.9. The van der Waals surface area contributed by atoms with Crippen LogP contribution in [0.25, 0.3) is 22.0 Å². The standard InChI is InChI=1S/C33H32N4O2/c1-33(28-5-3-2-4-6-28)32(39)37(21-22-16-18-36(20-22)31(38)25-11-12-25)30(35-33)24-9-7-23(8-10-24)26-13-14-29-27(19-26)15-17-34-29/h2-10,13-15,17,19,22,25,34H,11-12,16,18,20-21H2,1H3. The van der Waals surface area contributed by atoms with Crippen LogP contribution < -0.4 is 0 Å². The average molecular weight is 517 g/mol. The Labute approximate surface area is 228 Å². The van der Waals surface area contributed by atoms with E-state index in [1.165, 1.54) is 5.39 Å². The maximum Gasteiger partial charge on any atom is 0.260 e. The molecule has 0 bridgehead atoms. The summed E-state index contributed by atoms with van der Waals surface area (Å²) in [5, 5.41) is 1.18. The summed E-state index contributed by atoms with van der Waals surface area (Å²) < 4.78 is 0. The summed E-state index contributed by atoms with van der Waals surface area (Å²) in [6.45, 7) is 3.99. The highest BCUT2D eigenvalue weighted by Crippen LogP contribution is 2.37. The van der Waals surface area contributed by atoms with Crippen LogP contribution in [0.4, 0.5) is 0 Å². The maximum atomic E-state index is 14.0. The third-order valence-electron chi connectivity index (χ3n) is 8.58. The van der Waals surface area contributed by atoms with Crippen molar-refractivity contribution in [1.29, 1.82) is 0 Å². The van der Waals surface area contributed by atoms with Gasteiger partial charge in [0.1, 0.15) is 5.84 Å². The number of hydrogen-bond donors (Lipinski definition) is 1. The zero-order valence-corrected chi connectivity index (χ0v) is 22.1. The number of hydrogen-bond acceptors (Lipinski definition) is 3. The zero-order chi connectivity index (χ0) is 26.6. The smallest absolute Gasteiger partial charge is 0.260 e. The van der Waals surface area contributed by atoms with Crippen LogP contribution in [0.5, 0.6) is 0 Å². The Hall–Kier alpha value is -4.19. The lowest BCUT2D eigenvalue weighted by Crippen LogP contribution is -2.43. The van der Waals surface area contributed by atoms with Gasteiger partial charge in [0.05, 0.1) is 0 Å². The van der Waals surface area contributed by atoms with E-state index in [0.717, 1.165) is 60.1 Å². The first kappa shape index (κ1) is 23.9. The molecule has 1 saturated heterocycles. The number of benzene rings is 3. The molecule has 2 atom stereocenters. The van der Waals surface area contributed by atoms with Gasteiger partial charge in [0.15, 0.2) is 5.54 Å². The van der Waals surface area contributed by atoms with Gasteiger partial charge < -0.3 is 9.88 Å². The van der Waals surface area contributed by atoms with Crippen LogP contribution in [0.2, 0.25) is 0 Å². The van der Waals surface area contributed by atoms with E-state index in [9.17, 15) is 9.59 Å². The summed E-state index contributed by atoms with van der Waals surface area (Å²) >= 11 is 0. The summed E-state index contributed by atoms with van der Waals surface area (Å²) in [7, 11) is 0. The topological polar surface area (TPSA) is 68.8 Å². The molecule has 0 radical (unpaired) electrons. The van der Waals surface area contributed by atoms with Crippen molar-refractivity contribution in [3.8, 4) is 11.1 Å². The average Bonchev–Trinajstić information content (AvgIpc) is 3.43. The number of aromatic nitrogens is 1. The lowest BCUT2D eigenvalue weighted by molar-refractivity contribution is -0.131. The molecule has 6 heteroatoms. The van der Waals surface area contributed by atoms with Gasteiger partial charge in [-0.15, -0.1) is 0 Å². The predicted molar refractivity (Wildman–Crippen MR) is 153 cm³/mol. The van der Waals surface area contributed by atoms with Crippen LogP contribution in [0.15, 0.2) is 90.1 Å². The Morgan fingerprint density at radius 3 is 2.46 bits per heavy atom. The van der Waals surface area contributed by atoms with E-state index in [1.54, 1.807) is 0 Å². The van der Waals surface area contributed by atoms with Crippen molar-refractivity contribution in [3.05, 3.63) is 96.2 Å². The summed E-state index contributed by atoms with van der Waals surface area (Å²) in [4.78, 5) is 38.9. The highest BCUT2D eigenvalue weighted by molar-refractivity contribution is 6.15. The quantitative estimate of drug-likeness (QED) is 0.363. The summed E-state index contributed by atoms with van der Waals surface area (Å²) in [6.07, 6.45) is 4.91. The minimum Gasteiger partial charge on any atom is -0.361 e. The molecule has 6 nitrogen and oxygen atoms in total. The first-order chi connectivity index (χ1) is 19.0. The lowest BCUT2D eigenvalue weighted by atomic mass is 9.92. The molecule has 2 fully saturated rings. The molecule has 7 rings (SSSR count). The molecule has 3 aliphatic rings. The molecule has 2 amide bonds. The fraction of sp³-hybridized carbons (Fsp3) is 0.303. The third kappa shape index (κ3) is 4.24. The van der Waals surface area contributed by atoms with Gasteiger partial charge in [-0.05, 0) is 72.4 Å². The molecule has 1 aromatic heterocycles. The monoisotopic (exact) mass is 516 g/mol. The summed E-state index contributed by atoms with van der Waals surface area (Å²) in [6, 6.07) is 26.7. The molecule has 196 valence electrons. The van der Waals surface area contributed by atoms with Crippen LogP contribution in [-0.4, -0.2) is 52.1 Å². The molecule has 3 aromatic carbocycles. The molecule has 39 heavy (non-hydrogen) atoms. The zero-order valence-electron chi connectivity index (χ0n) is 22.1. The van der Waals surface area contributed by atoms with Gasteiger partial charge in [-0.25, -0.2) is 4.99 Å². The van der Waals surface area contributed by atoms with E-state index >= 15 is 0 Å². The normalized spacial score (nSPS) is 23.1. The van der Waals surface area contributed by atoms with Crippen LogP contribution in [0.3, 0.4) is 0 Å². The first-order valence-electron chi connectivity index (χ1n) is 13.9. The molecule has 4 aromatic rings. The molecule has 1 N–H and O–H groups in total. The number of carbonyl (C=O) groups excluding carboxylic acids is 2. The maximum absolute atomic E-state index is 14.0. The third-order valence-corrected chi connectivity index (χ3v) is 8.58. The largest absolute Gasteiger partial charge is 0.361 e. The van der Waals surface area contributed by atoms with Gasteiger partial charge in [0.25, 0.3) is 5.91 Å². The van der Waals surface area contributed by atoms with Crippen LogP contribution in [0.1, 0.15) is 37.3 Å². The number of rotatable bonds is 6. The Bertz CT molecular complexity index is 1590. The molecule has 3 heterocycles. The molecule has 1 aliphatic carbocycles. The highest BCUT2D eigenvalue weighted by Gasteiger charge is 2.47. The van der Waals surface area contributed by atoms with Crippen molar-refractivity contribution in [1.82, 2.24) is 14.8 Å². The van der Waals surface area contributed by atoms with Crippen LogP contribution in [-0.2, 0) is 15.1 Å². The van der Waals surface area contributed by atoms with Gasteiger partial charge in [0.2, 0.25) is 5.91 Å². The Kier molecular flexibility index (Phi) is 5.65. The number of nitrogens with one attached hydrogen (secondary N) is 1. The van der Waals surface area contributed by atoms with Crippen molar-refractivity contribution >= 4 is 28.6 Å². The van der Waals surface area contributed by atoms with E-state index in [0.29, 0.717) is 18.3 Å². The fourth-order valence-corrected chi connectivity index (χ4v) is 6.09. The van der Waals surface area contributed by atoms with Gasteiger partial charge in [0, 0.05) is 42.8 Å². The lowest BCUT2D eigenvalue weighted by Gasteiger charge is -2.26. The van der Waals surface area contributed by atoms with Crippen molar-refractivity contribution < 1.29 is 9.59 Å². The number of aromatic amines is 1. The van der Waals surface area contributed by atoms with E-state index in [1.807, 2.05) is 53.3 Å². The minimum absolute atomic E-state index is 0.00217. The van der Waals surface area contributed by atoms with Crippen molar-refractivity contribution in [2.45, 2.75) is 31.7 Å². The van der Waals surface area contributed by atoms with E-state index in [2.05, 4.69) is 53.5 Å². The van der Waals surface area contributed by atoms with E-state index in [-0.39, 0.29) is 17.7 Å². The Morgan fingerprint density at radius 1 is 0.949 bits per heavy atom. The van der Waals surface area contributed by atoms with Gasteiger partial charge >= 0.3 is 0 Å². The van der Waals surface area contributed by atoms with E-state index in [4.69, 9.17) is 4.99 Å². The van der Waals surface area contributed by atoms with Gasteiger partial charge in [-0.1, -0.05) is 60.7 Å². The highest BCUT2D eigenvalue weighted by atomic mass is 16.2. The van der Waals surface area contributed by atoms with Gasteiger partial charge in [-0.3, -0.25) is 14.5 Å². The number of likely N-dealkylation sites (tertiary alicyclic amines) is 1. The second kappa shape index (κ2) is 9.23. The molecule has 2 aliphatic heterocycles. The van der Waals surface area contributed by atoms with Crippen molar-refractivity contribution in [3.63, 3.8) is 0 Å². The second-order valence-electron chi connectivity index (χ2n) is 11.4. The predicted octanol–water partition coefficient (Wildman–Crippen LogP) is 5.60. The number of carbonyl (C=O) groups is 2.